The first-order valence-corrected chi connectivity index (χ1v) is 12.7. The Labute approximate surface area is 188 Å². The number of piperidine rings is 1. The number of fused-ring (bicyclic) bond motifs is 1. The summed E-state index contributed by atoms with van der Waals surface area (Å²) < 4.78 is 29.4. The van der Waals surface area contributed by atoms with Crippen molar-refractivity contribution in [3.8, 4) is 0 Å². The highest BCUT2D eigenvalue weighted by molar-refractivity contribution is 9.10. The molecule has 0 radical (unpaired) electrons. The topological polar surface area (TPSA) is 57.7 Å². The van der Waals surface area contributed by atoms with E-state index in [1.54, 1.807) is 24.3 Å². The Morgan fingerprint density at radius 3 is 2.48 bits per heavy atom. The van der Waals surface area contributed by atoms with Gasteiger partial charge in [-0.15, -0.1) is 0 Å². The Kier molecular flexibility index (Phi) is 5.90. The summed E-state index contributed by atoms with van der Waals surface area (Å²) in [6.07, 6.45) is 2.20. The van der Waals surface area contributed by atoms with Crippen molar-refractivity contribution in [2.75, 3.05) is 18.0 Å². The lowest BCUT2D eigenvalue weighted by Gasteiger charge is -2.34. The monoisotopic (exact) mass is 540 g/mol. The molecule has 0 aromatic heterocycles. The van der Waals surface area contributed by atoms with Gasteiger partial charge in [0.2, 0.25) is 15.9 Å². The Hall–Kier alpha value is -1.22. The quantitative estimate of drug-likeness (QED) is 0.571. The maximum atomic E-state index is 13.4. The van der Waals surface area contributed by atoms with Gasteiger partial charge in [0, 0.05) is 33.8 Å². The van der Waals surface area contributed by atoms with Crippen LogP contribution in [0.2, 0.25) is 0 Å². The highest BCUT2D eigenvalue weighted by atomic mass is 79.9. The summed E-state index contributed by atoms with van der Waals surface area (Å²) in [6.45, 7) is 2.72. The van der Waals surface area contributed by atoms with Crippen LogP contribution in [0.3, 0.4) is 0 Å². The summed E-state index contributed by atoms with van der Waals surface area (Å²) in [5, 5.41) is 0. The second-order valence-corrected chi connectivity index (χ2v) is 11.5. The number of halogens is 2. The molecule has 2 aliphatic heterocycles. The highest BCUT2D eigenvalue weighted by Crippen LogP contribution is 2.36. The van der Waals surface area contributed by atoms with E-state index in [1.165, 1.54) is 4.31 Å². The molecule has 5 nitrogen and oxygen atoms in total. The smallest absolute Gasteiger partial charge is 0.243 e. The predicted octanol–water partition coefficient (Wildman–Crippen LogP) is 4.59. The van der Waals surface area contributed by atoms with Crippen molar-refractivity contribution in [1.82, 2.24) is 4.31 Å². The molecule has 0 N–H and O–H groups in total. The fourth-order valence-corrected chi connectivity index (χ4v) is 6.45. The Morgan fingerprint density at radius 2 is 1.76 bits per heavy atom. The lowest BCUT2D eigenvalue weighted by molar-refractivity contribution is -0.123. The van der Waals surface area contributed by atoms with Crippen LogP contribution in [0, 0.1) is 5.92 Å². The van der Waals surface area contributed by atoms with Crippen molar-refractivity contribution < 1.29 is 13.2 Å². The SMILES string of the molecule is C[C@H]1Cc2cc(Br)ccc2N1C(=O)[C@@H]1CCCN(S(=O)(=O)c2ccc(Br)cc2)C1. The minimum Gasteiger partial charge on any atom is -0.309 e. The van der Waals surface area contributed by atoms with Crippen LogP contribution in [-0.2, 0) is 21.2 Å². The summed E-state index contributed by atoms with van der Waals surface area (Å²) in [6, 6.07) is 12.7. The molecule has 0 bridgehead atoms. The largest absolute Gasteiger partial charge is 0.309 e. The average molecular weight is 542 g/mol. The van der Waals surface area contributed by atoms with Gasteiger partial charge in [-0.25, -0.2) is 8.42 Å². The van der Waals surface area contributed by atoms with Crippen LogP contribution in [0.4, 0.5) is 5.69 Å². The number of benzene rings is 2. The number of nitrogens with zero attached hydrogens (tertiary/aromatic N) is 2. The van der Waals surface area contributed by atoms with E-state index < -0.39 is 10.0 Å². The van der Waals surface area contributed by atoms with Crippen molar-refractivity contribution in [3.63, 3.8) is 0 Å². The lowest BCUT2D eigenvalue weighted by Crippen LogP contribution is -2.48. The van der Waals surface area contributed by atoms with Crippen LogP contribution in [0.5, 0.6) is 0 Å². The second kappa shape index (κ2) is 8.13. The van der Waals surface area contributed by atoms with Crippen LogP contribution in [0.25, 0.3) is 0 Å². The summed E-state index contributed by atoms with van der Waals surface area (Å²) in [4.78, 5) is 15.5. The zero-order valence-electron chi connectivity index (χ0n) is 16.0. The molecule has 0 aliphatic carbocycles. The van der Waals surface area contributed by atoms with Gasteiger partial charge >= 0.3 is 0 Å². The predicted molar refractivity (Wildman–Crippen MR) is 120 cm³/mol. The molecule has 0 unspecified atom stereocenters. The van der Waals surface area contributed by atoms with E-state index in [0.717, 1.165) is 26.6 Å². The van der Waals surface area contributed by atoms with Crippen LogP contribution in [0.1, 0.15) is 25.3 Å². The van der Waals surface area contributed by atoms with Gasteiger partial charge in [-0.05, 0) is 74.2 Å². The Balaban J connectivity index is 1.56. The molecule has 4 rings (SSSR count). The molecule has 0 saturated carbocycles. The first kappa shape index (κ1) is 21.0. The highest BCUT2D eigenvalue weighted by Gasteiger charge is 2.39. The van der Waals surface area contributed by atoms with Crippen LogP contribution in [-0.4, -0.2) is 37.8 Å². The molecule has 2 heterocycles. The molecule has 0 spiro atoms. The molecule has 2 aliphatic rings. The summed E-state index contributed by atoms with van der Waals surface area (Å²) in [7, 11) is -3.61. The van der Waals surface area contributed by atoms with Crippen LogP contribution in [0.15, 0.2) is 56.3 Å². The van der Waals surface area contributed by atoms with E-state index in [1.807, 2.05) is 24.0 Å². The lowest BCUT2D eigenvalue weighted by atomic mass is 9.97. The standard InChI is InChI=1S/C21H22Br2N2O3S/c1-14-11-16-12-18(23)6-9-20(16)25(14)21(26)15-3-2-10-24(13-15)29(27,28)19-7-4-17(22)5-8-19/h4-9,12,14-15H,2-3,10-11,13H2,1H3/t14-,15+/m0/s1. The fraction of sp³-hybridized carbons (Fsp3) is 0.381. The van der Waals surface area contributed by atoms with Crippen molar-refractivity contribution in [3.05, 3.63) is 57.0 Å². The van der Waals surface area contributed by atoms with Crippen molar-refractivity contribution in [1.29, 1.82) is 0 Å². The zero-order chi connectivity index (χ0) is 20.8. The minimum absolute atomic E-state index is 0.0225. The maximum Gasteiger partial charge on any atom is 0.243 e. The Morgan fingerprint density at radius 1 is 1.07 bits per heavy atom. The number of carbonyl (C=O) groups excluding carboxylic acids is 1. The van der Waals surface area contributed by atoms with E-state index in [9.17, 15) is 13.2 Å². The second-order valence-electron chi connectivity index (χ2n) is 7.69. The van der Waals surface area contributed by atoms with E-state index in [4.69, 9.17) is 0 Å². The average Bonchev–Trinajstić information content (AvgIpc) is 3.02. The van der Waals surface area contributed by atoms with Gasteiger partial charge < -0.3 is 4.90 Å². The number of hydrogen-bond acceptors (Lipinski definition) is 3. The van der Waals surface area contributed by atoms with E-state index in [0.29, 0.717) is 19.4 Å². The van der Waals surface area contributed by atoms with Gasteiger partial charge in [0.05, 0.1) is 10.8 Å². The first-order valence-electron chi connectivity index (χ1n) is 9.64. The zero-order valence-corrected chi connectivity index (χ0v) is 20.0. The molecule has 2 aromatic rings. The third kappa shape index (κ3) is 4.04. The molecule has 29 heavy (non-hydrogen) atoms. The van der Waals surface area contributed by atoms with E-state index in [-0.39, 0.29) is 29.3 Å². The van der Waals surface area contributed by atoms with E-state index >= 15 is 0 Å². The first-order chi connectivity index (χ1) is 13.8. The minimum atomic E-state index is -3.61. The van der Waals surface area contributed by atoms with Gasteiger partial charge in [0.15, 0.2) is 0 Å². The fourth-order valence-electron chi connectivity index (χ4n) is 4.25. The van der Waals surface area contributed by atoms with Gasteiger partial charge in [0.1, 0.15) is 0 Å². The number of hydrogen-bond donors (Lipinski definition) is 0. The molecular weight excluding hydrogens is 520 g/mol. The number of amides is 1. The van der Waals surface area contributed by atoms with Crippen molar-refractivity contribution in [2.45, 2.75) is 37.1 Å². The molecule has 1 saturated heterocycles. The molecule has 2 aromatic carbocycles. The van der Waals surface area contributed by atoms with E-state index in [2.05, 4.69) is 37.9 Å². The molecule has 2 atom stereocenters. The van der Waals surface area contributed by atoms with Crippen LogP contribution >= 0.6 is 31.9 Å². The third-order valence-corrected chi connectivity index (χ3v) is 8.58. The third-order valence-electron chi connectivity index (χ3n) is 5.68. The maximum absolute atomic E-state index is 13.4. The number of carbonyl (C=O) groups is 1. The molecule has 1 fully saturated rings. The summed E-state index contributed by atoms with van der Waals surface area (Å²) in [5.41, 5.74) is 2.09. The molecule has 8 heteroatoms. The van der Waals surface area contributed by atoms with Crippen molar-refractivity contribution in [2.24, 2.45) is 5.92 Å². The van der Waals surface area contributed by atoms with Gasteiger partial charge in [-0.2, -0.15) is 4.31 Å². The van der Waals surface area contributed by atoms with Gasteiger partial charge in [-0.3, -0.25) is 4.79 Å². The normalized spacial score (nSPS) is 22.5. The molecular formula is C21H22Br2N2O3S. The van der Waals surface area contributed by atoms with Gasteiger partial charge in [0.25, 0.3) is 0 Å². The molecule has 154 valence electrons. The van der Waals surface area contributed by atoms with Crippen LogP contribution < -0.4 is 4.90 Å². The number of anilines is 1. The van der Waals surface area contributed by atoms with Gasteiger partial charge in [-0.1, -0.05) is 31.9 Å². The number of rotatable bonds is 3. The number of sulfonamides is 1. The summed E-state index contributed by atoms with van der Waals surface area (Å²) in [5.74, 6) is -0.305. The summed E-state index contributed by atoms with van der Waals surface area (Å²) >= 11 is 6.83. The Bertz CT molecular complexity index is 1040. The molecule has 1 amide bonds. The van der Waals surface area contributed by atoms with Crippen molar-refractivity contribution >= 4 is 53.5 Å².